The Balaban J connectivity index is 1.51. The molecule has 4 unspecified atom stereocenters. The van der Waals surface area contributed by atoms with Crippen molar-refractivity contribution in [3.8, 4) is 0 Å². The second kappa shape index (κ2) is 5.06. The van der Waals surface area contributed by atoms with Gasteiger partial charge < -0.3 is 14.8 Å². The van der Waals surface area contributed by atoms with Gasteiger partial charge in [-0.1, -0.05) is 19.8 Å². The van der Waals surface area contributed by atoms with E-state index in [2.05, 4.69) is 24.4 Å². The minimum absolute atomic E-state index is 0.184. The third kappa shape index (κ3) is 2.62. The van der Waals surface area contributed by atoms with Crippen molar-refractivity contribution in [2.75, 3.05) is 0 Å². The summed E-state index contributed by atoms with van der Waals surface area (Å²) in [6, 6.07) is 4.43. The van der Waals surface area contributed by atoms with Crippen molar-refractivity contribution >= 4 is 0 Å². The highest BCUT2D eigenvalue weighted by Gasteiger charge is 2.36. The number of furan rings is 1. The molecule has 0 aliphatic heterocycles. The summed E-state index contributed by atoms with van der Waals surface area (Å²) < 4.78 is 5.86. The molecule has 0 radical (unpaired) electrons. The zero-order valence-corrected chi connectivity index (χ0v) is 11.1. The molecule has 1 heterocycles. The Kier molecular flexibility index (Phi) is 3.44. The molecular weight excluding hydrogens is 226 g/mol. The van der Waals surface area contributed by atoms with Crippen molar-refractivity contribution < 1.29 is 9.52 Å². The summed E-state index contributed by atoms with van der Waals surface area (Å²) in [6.07, 6.45) is 5.47. The lowest BCUT2D eigenvalue weighted by molar-refractivity contribution is 0.0892. The average Bonchev–Trinajstić information content (AvgIpc) is 2.91. The Bertz CT molecular complexity index is 401. The molecule has 18 heavy (non-hydrogen) atoms. The molecule has 2 saturated carbocycles. The largest absolute Gasteiger partial charge is 0.464 e. The third-order valence-corrected chi connectivity index (χ3v) is 4.43. The van der Waals surface area contributed by atoms with Gasteiger partial charge in [-0.3, -0.25) is 0 Å². The van der Waals surface area contributed by atoms with Crippen molar-refractivity contribution in [2.45, 2.75) is 63.6 Å². The first-order valence-corrected chi connectivity index (χ1v) is 7.24. The van der Waals surface area contributed by atoms with E-state index in [1.807, 2.05) is 0 Å². The highest BCUT2D eigenvalue weighted by atomic mass is 16.3. The molecular formula is C15H23NO2. The van der Waals surface area contributed by atoms with Crippen LogP contribution in [-0.2, 0) is 6.54 Å². The molecule has 0 spiro atoms. The van der Waals surface area contributed by atoms with Crippen LogP contribution in [0.5, 0.6) is 0 Å². The van der Waals surface area contributed by atoms with Crippen LogP contribution in [0, 0.1) is 5.92 Å². The molecule has 2 fully saturated rings. The van der Waals surface area contributed by atoms with Gasteiger partial charge in [0, 0.05) is 12.0 Å². The fourth-order valence-electron chi connectivity index (χ4n) is 2.99. The molecule has 3 rings (SSSR count). The lowest BCUT2D eigenvalue weighted by atomic mass is 9.92. The maximum atomic E-state index is 9.89. The second-order valence-electron chi connectivity index (χ2n) is 5.96. The van der Waals surface area contributed by atoms with Gasteiger partial charge in [0.1, 0.15) is 11.5 Å². The van der Waals surface area contributed by atoms with Crippen molar-refractivity contribution in [3.63, 3.8) is 0 Å². The van der Waals surface area contributed by atoms with Crippen LogP contribution in [0.4, 0.5) is 0 Å². The first-order valence-electron chi connectivity index (χ1n) is 7.24. The van der Waals surface area contributed by atoms with Crippen LogP contribution >= 0.6 is 0 Å². The number of hydrogen-bond acceptors (Lipinski definition) is 3. The van der Waals surface area contributed by atoms with Gasteiger partial charge in [0.05, 0.1) is 12.6 Å². The van der Waals surface area contributed by atoms with E-state index in [-0.39, 0.29) is 12.1 Å². The highest BCUT2D eigenvalue weighted by Crippen LogP contribution is 2.47. The van der Waals surface area contributed by atoms with E-state index in [9.17, 15) is 5.11 Å². The van der Waals surface area contributed by atoms with Crippen LogP contribution in [0.1, 0.15) is 56.5 Å². The zero-order chi connectivity index (χ0) is 12.5. The fourth-order valence-corrected chi connectivity index (χ4v) is 2.99. The SMILES string of the molecule is CC1CC1c1ccc(CNC2CCCCC2O)o1. The van der Waals surface area contributed by atoms with Crippen molar-refractivity contribution in [3.05, 3.63) is 23.7 Å². The smallest absolute Gasteiger partial charge is 0.117 e. The van der Waals surface area contributed by atoms with E-state index in [0.717, 1.165) is 43.2 Å². The van der Waals surface area contributed by atoms with Gasteiger partial charge in [-0.2, -0.15) is 0 Å². The first-order chi connectivity index (χ1) is 8.74. The molecule has 4 atom stereocenters. The van der Waals surface area contributed by atoms with Crippen LogP contribution in [0.25, 0.3) is 0 Å². The maximum Gasteiger partial charge on any atom is 0.117 e. The van der Waals surface area contributed by atoms with Gasteiger partial charge in [0.2, 0.25) is 0 Å². The lowest BCUT2D eigenvalue weighted by Gasteiger charge is -2.28. The molecule has 0 aromatic carbocycles. The van der Waals surface area contributed by atoms with Crippen LogP contribution in [0.15, 0.2) is 16.5 Å². The predicted molar refractivity (Wildman–Crippen MR) is 70.3 cm³/mol. The summed E-state index contributed by atoms with van der Waals surface area (Å²) in [4.78, 5) is 0. The van der Waals surface area contributed by atoms with Gasteiger partial charge in [-0.15, -0.1) is 0 Å². The quantitative estimate of drug-likeness (QED) is 0.862. The first kappa shape index (κ1) is 12.2. The molecule has 1 aromatic rings. The molecule has 3 heteroatoms. The normalized spacial score (nSPS) is 35.7. The van der Waals surface area contributed by atoms with Crippen molar-refractivity contribution in [1.29, 1.82) is 0 Å². The summed E-state index contributed by atoms with van der Waals surface area (Å²) in [5.74, 6) is 3.58. The third-order valence-electron chi connectivity index (χ3n) is 4.43. The summed E-state index contributed by atoms with van der Waals surface area (Å²) in [6.45, 7) is 3.01. The van der Waals surface area contributed by atoms with E-state index in [1.165, 1.54) is 12.8 Å². The topological polar surface area (TPSA) is 45.4 Å². The molecule has 2 aliphatic carbocycles. The molecule has 2 N–H and O–H groups in total. The summed E-state index contributed by atoms with van der Waals surface area (Å²) >= 11 is 0. The lowest BCUT2D eigenvalue weighted by Crippen LogP contribution is -2.41. The van der Waals surface area contributed by atoms with Gasteiger partial charge >= 0.3 is 0 Å². The highest BCUT2D eigenvalue weighted by molar-refractivity contribution is 5.17. The Morgan fingerprint density at radius 1 is 1.33 bits per heavy atom. The number of hydrogen-bond donors (Lipinski definition) is 2. The van der Waals surface area contributed by atoms with Gasteiger partial charge in [0.25, 0.3) is 0 Å². The van der Waals surface area contributed by atoms with E-state index in [4.69, 9.17) is 4.42 Å². The molecule has 0 saturated heterocycles. The number of nitrogens with one attached hydrogen (secondary N) is 1. The van der Waals surface area contributed by atoms with Gasteiger partial charge in [-0.05, 0) is 37.3 Å². The van der Waals surface area contributed by atoms with Crippen LogP contribution in [0.3, 0.4) is 0 Å². The summed E-state index contributed by atoms with van der Waals surface area (Å²) in [7, 11) is 0. The number of rotatable bonds is 4. The van der Waals surface area contributed by atoms with Crippen molar-refractivity contribution in [1.82, 2.24) is 5.32 Å². The maximum absolute atomic E-state index is 9.89. The zero-order valence-electron chi connectivity index (χ0n) is 11.1. The summed E-state index contributed by atoms with van der Waals surface area (Å²) in [5.41, 5.74) is 0. The Morgan fingerprint density at radius 3 is 2.83 bits per heavy atom. The Hall–Kier alpha value is -0.800. The van der Waals surface area contributed by atoms with E-state index in [0.29, 0.717) is 5.92 Å². The van der Waals surface area contributed by atoms with E-state index < -0.39 is 0 Å². The summed E-state index contributed by atoms with van der Waals surface area (Å²) in [5, 5.41) is 13.3. The number of aliphatic hydroxyl groups excluding tert-OH is 1. The minimum atomic E-state index is -0.184. The van der Waals surface area contributed by atoms with Crippen LogP contribution in [0.2, 0.25) is 0 Å². The molecule has 3 nitrogen and oxygen atoms in total. The Morgan fingerprint density at radius 2 is 2.11 bits per heavy atom. The van der Waals surface area contributed by atoms with Crippen molar-refractivity contribution in [2.24, 2.45) is 5.92 Å². The Labute approximate surface area is 109 Å². The molecule has 0 amide bonds. The van der Waals surface area contributed by atoms with Gasteiger partial charge in [-0.25, -0.2) is 0 Å². The molecule has 2 aliphatic rings. The molecule has 1 aromatic heterocycles. The monoisotopic (exact) mass is 249 g/mol. The fraction of sp³-hybridized carbons (Fsp3) is 0.733. The van der Waals surface area contributed by atoms with E-state index >= 15 is 0 Å². The molecule has 100 valence electrons. The number of aliphatic hydroxyl groups is 1. The average molecular weight is 249 g/mol. The van der Waals surface area contributed by atoms with Crippen LogP contribution < -0.4 is 5.32 Å². The van der Waals surface area contributed by atoms with E-state index in [1.54, 1.807) is 0 Å². The van der Waals surface area contributed by atoms with Crippen LogP contribution in [-0.4, -0.2) is 17.3 Å². The van der Waals surface area contributed by atoms with Gasteiger partial charge in [0.15, 0.2) is 0 Å². The predicted octanol–water partition coefficient (Wildman–Crippen LogP) is 2.80. The standard InChI is InChI=1S/C15H23NO2/c1-10-8-12(10)15-7-6-11(18-15)9-16-13-4-2-3-5-14(13)17/h6-7,10,12-14,16-17H,2-5,8-9H2,1H3. The molecule has 0 bridgehead atoms. The second-order valence-corrected chi connectivity index (χ2v) is 5.96. The minimum Gasteiger partial charge on any atom is -0.464 e.